The Bertz CT molecular complexity index is 335. The van der Waals surface area contributed by atoms with Crippen LogP contribution in [0, 0.1) is 5.41 Å². The van der Waals surface area contributed by atoms with E-state index in [9.17, 15) is 0 Å². The first kappa shape index (κ1) is 16.1. The Morgan fingerprint density at radius 2 is 2.10 bits per heavy atom. The van der Waals surface area contributed by atoms with Crippen molar-refractivity contribution in [1.82, 2.24) is 10.2 Å². The van der Waals surface area contributed by atoms with Crippen LogP contribution in [-0.2, 0) is 4.74 Å². The second-order valence-corrected chi connectivity index (χ2v) is 8.40. The third-order valence-electron chi connectivity index (χ3n) is 3.56. The SMILES string of the molecule is CC(CN1CCOCC1)NC1=NCC(CC(C)(C)C)S1. The summed E-state index contributed by atoms with van der Waals surface area (Å²) in [6, 6.07) is 0.452. The van der Waals surface area contributed by atoms with Crippen LogP contribution >= 0.6 is 11.8 Å². The van der Waals surface area contributed by atoms with Gasteiger partial charge in [-0.2, -0.15) is 0 Å². The van der Waals surface area contributed by atoms with Crippen LogP contribution < -0.4 is 5.32 Å². The van der Waals surface area contributed by atoms with Crippen molar-refractivity contribution in [1.29, 1.82) is 0 Å². The van der Waals surface area contributed by atoms with E-state index in [1.807, 2.05) is 11.8 Å². The molecule has 0 bridgehead atoms. The number of hydrogen-bond donors (Lipinski definition) is 1. The van der Waals surface area contributed by atoms with E-state index >= 15 is 0 Å². The van der Waals surface area contributed by atoms with E-state index in [2.05, 4.69) is 42.9 Å². The number of hydrogen-bond acceptors (Lipinski definition) is 5. The fourth-order valence-electron chi connectivity index (χ4n) is 2.71. The monoisotopic (exact) mass is 299 g/mol. The van der Waals surface area contributed by atoms with E-state index in [1.54, 1.807) is 0 Å². The molecule has 2 heterocycles. The highest BCUT2D eigenvalue weighted by Gasteiger charge is 2.25. The zero-order chi connectivity index (χ0) is 14.6. The molecule has 0 amide bonds. The van der Waals surface area contributed by atoms with Gasteiger partial charge in [0.25, 0.3) is 0 Å². The summed E-state index contributed by atoms with van der Waals surface area (Å²) in [5.41, 5.74) is 0.391. The molecule has 0 saturated carbocycles. The van der Waals surface area contributed by atoms with Crippen LogP contribution in [0.3, 0.4) is 0 Å². The van der Waals surface area contributed by atoms with Gasteiger partial charge in [-0.25, -0.2) is 0 Å². The van der Waals surface area contributed by atoms with Crippen LogP contribution in [0.25, 0.3) is 0 Å². The van der Waals surface area contributed by atoms with Crippen LogP contribution in [0.1, 0.15) is 34.1 Å². The van der Waals surface area contributed by atoms with Crippen LogP contribution in [0.2, 0.25) is 0 Å². The number of ether oxygens (including phenoxy) is 1. The fraction of sp³-hybridized carbons (Fsp3) is 0.933. The van der Waals surface area contributed by atoms with E-state index in [4.69, 9.17) is 4.74 Å². The Kier molecular flexibility index (Phi) is 5.75. The summed E-state index contributed by atoms with van der Waals surface area (Å²) in [6.45, 7) is 15.1. The molecule has 1 saturated heterocycles. The van der Waals surface area contributed by atoms with Crippen molar-refractivity contribution in [3.8, 4) is 0 Å². The molecule has 0 aromatic heterocycles. The summed E-state index contributed by atoms with van der Waals surface area (Å²) >= 11 is 1.92. The van der Waals surface area contributed by atoms with E-state index in [0.29, 0.717) is 16.7 Å². The predicted octanol–water partition coefficient (Wildman–Crippen LogP) is 2.20. The molecule has 1 fully saturated rings. The maximum absolute atomic E-state index is 5.39. The van der Waals surface area contributed by atoms with Gasteiger partial charge in [0.15, 0.2) is 5.17 Å². The lowest BCUT2D eigenvalue weighted by molar-refractivity contribution is 0.0353. The summed E-state index contributed by atoms with van der Waals surface area (Å²) in [5, 5.41) is 5.36. The molecular formula is C15H29N3OS. The van der Waals surface area contributed by atoms with Crippen molar-refractivity contribution in [3.05, 3.63) is 0 Å². The highest BCUT2D eigenvalue weighted by Crippen LogP contribution is 2.31. The largest absolute Gasteiger partial charge is 0.379 e. The van der Waals surface area contributed by atoms with Crippen molar-refractivity contribution in [3.63, 3.8) is 0 Å². The fourth-order valence-corrected chi connectivity index (χ4v) is 4.18. The lowest BCUT2D eigenvalue weighted by Gasteiger charge is -2.29. The van der Waals surface area contributed by atoms with Gasteiger partial charge in [0.1, 0.15) is 0 Å². The minimum absolute atomic E-state index is 0.391. The first-order valence-electron chi connectivity index (χ1n) is 7.70. The normalized spacial score (nSPS) is 26.4. The summed E-state index contributed by atoms with van der Waals surface area (Å²) in [5.74, 6) is 0. The zero-order valence-electron chi connectivity index (χ0n) is 13.3. The van der Waals surface area contributed by atoms with E-state index in [1.165, 1.54) is 6.42 Å². The van der Waals surface area contributed by atoms with Crippen LogP contribution in [0.5, 0.6) is 0 Å². The summed E-state index contributed by atoms with van der Waals surface area (Å²) < 4.78 is 5.39. The maximum atomic E-state index is 5.39. The zero-order valence-corrected chi connectivity index (χ0v) is 14.1. The van der Waals surface area contributed by atoms with Gasteiger partial charge in [-0.15, -0.1) is 0 Å². The van der Waals surface area contributed by atoms with Gasteiger partial charge < -0.3 is 10.1 Å². The lowest BCUT2D eigenvalue weighted by Crippen LogP contribution is -2.45. The Balaban J connectivity index is 1.68. The molecular weight excluding hydrogens is 270 g/mol. The van der Waals surface area contributed by atoms with Crippen molar-refractivity contribution in [2.75, 3.05) is 39.4 Å². The predicted molar refractivity (Wildman–Crippen MR) is 87.6 cm³/mol. The molecule has 0 aromatic rings. The number of amidine groups is 1. The second kappa shape index (κ2) is 7.14. The highest BCUT2D eigenvalue weighted by molar-refractivity contribution is 8.14. The topological polar surface area (TPSA) is 36.9 Å². The molecule has 2 aliphatic rings. The minimum atomic E-state index is 0.391. The summed E-state index contributed by atoms with van der Waals surface area (Å²) in [7, 11) is 0. The molecule has 2 atom stereocenters. The number of rotatable bonds is 4. The Morgan fingerprint density at radius 3 is 2.75 bits per heavy atom. The maximum Gasteiger partial charge on any atom is 0.157 e. The Morgan fingerprint density at radius 1 is 1.40 bits per heavy atom. The third kappa shape index (κ3) is 5.62. The molecule has 5 heteroatoms. The third-order valence-corrected chi connectivity index (χ3v) is 4.68. The van der Waals surface area contributed by atoms with Crippen molar-refractivity contribution < 1.29 is 4.74 Å². The molecule has 2 aliphatic heterocycles. The molecule has 1 N–H and O–H groups in total. The first-order valence-corrected chi connectivity index (χ1v) is 8.58. The molecule has 2 unspecified atom stereocenters. The second-order valence-electron chi connectivity index (χ2n) is 7.11. The molecule has 0 spiro atoms. The molecule has 116 valence electrons. The summed E-state index contributed by atoms with van der Waals surface area (Å²) in [6.07, 6.45) is 1.23. The number of aliphatic imine (C=N–C) groups is 1. The molecule has 20 heavy (non-hydrogen) atoms. The van der Waals surface area contributed by atoms with Crippen molar-refractivity contribution in [2.45, 2.75) is 45.4 Å². The van der Waals surface area contributed by atoms with Crippen LogP contribution in [0.4, 0.5) is 0 Å². The standard InChI is InChI=1S/C15H29N3OS/c1-12(11-18-5-7-19-8-6-18)17-14-16-10-13(20-14)9-15(2,3)4/h12-13H,5-11H2,1-4H3,(H,16,17). The number of nitrogens with one attached hydrogen (secondary N) is 1. The molecule has 0 aliphatic carbocycles. The quantitative estimate of drug-likeness (QED) is 0.863. The number of nitrogens with zero attached hydrogens (tertiary/aromatic N) is 2. The Labute approximate surface area is 127 Å². The smallest absolute Gasteiger partial charge is 0.157 e. The molecule has 0 aromatic carbocycles. The van der Waals surface area contributed by atoms with Crippen molar-refractivity contribution >= 4 is 16.9 Å². The number of thioether (sulfide) groups is 1. The average molecular weight is 299 g/mol. The van der Waals surface area contributed by atoms with Gasteiger partial charge >= 0.3 is 0 Å². The molecule has 4 nitrogen and oxygen atoms in total. The van der Waals surface area contributed by atoms with Gasteiger partial charge in [-0.1, -0.05) is 32.5 Å². The van der Waals surface area contributed by atoms with Gasteiger partial charge in [-0.3, -0.25) is 9.89 Å². The van der Waals surface area contributed by atoms with Gasteiger partial charge in [-0.05, 0) is 18.8 Å². The first-order chi connectivity index (χ1) is 9.42. The lowest BCUT2D eigenvalue weighted by atomic mass is 9.90. The van der Waals surface area contributed by atoms with Crippen LogP contribution in [0.15, 0.2) is 4.99 Å². The van der Waals surface area contributed by atoms with E-state index in [-0.39, 0.29) is 0 Å². The molecule has 0 radical (unpaired) electrons. The molecule has 2 rings (SSSR count). The van der Waals surface area contributed by atoms with Gasteiger partial charge in [0, 0.05) is 30.9 Å². The van der Waals surface area contributed by atoms with E-state index < -0.39 is 0 Å². The number of morpholine rings is 1. The van der Waals surface area contributed by atoms with Crippen LogP contribution in [-0.4, -0.2) is 60.8 Å². The van der Waals surface area contributed by atoms with E-state index in [0.717, 1.165) is 44.6 Å². The van der Waals surface area contributed by atoms with Gasteiger partial charge in [0.05, 0.1) is 19.8 Å². The Hall–Kier alpha value is -0.260. The average Bonchev–Trinajstić information content (AvgIpc) is 2.75. The minimum Gasteiger partial charge on any atom is -0.379 e. The summed E-state index contributed by atoms with van der Waals surface area (Å²) in [4.78, 5) is 7.13. The van der Waals surface area contributed by atoms with Gasteiger partial charge in [0.2, 0.25) is 0 Å². The van der Waals surface area contributed by atoms with Crippen molar-refractivity contribution in [2.24, 2.45) is 10.4 Å². The highest BCUT2D eigenvalue weighted by atomic mass is 32.2.